The molecule has 0 aliphatic heterocycles. The van der Waals surface area contributed by atoms with Crippen LogP contribution in [0.15, 0.2) is 170 Å². The third kappa shape index (κ3) is 15.7. The molecule has 0 unspecified atom stereocenters. The molecule has 2 N–H and O–H groups in total. The number of ether oxygens (including phenoxy) is 10. The van der Waals surface area contributed by atoms with E-state index in [1.165, 1.54) is 0 Å². The van der Waals surface area contributed by atoms with Crippen LogP contribution >= 0.6 is 0 Å². The molecular weight excluding hydrogens is 1190 g/mol. The van der Waals surface area contributed by atoms with Crippen LogP contribution in [0.5, 0.6) is 46.0 Å². The quantitative estimate of drug-likeness (QED) is 0.0508. The van der Waals surface area contributed by atoms with E-state index < -0.39 is 84.2 Å². The number of carbonyl (C=O) groups is 4. The van der Waals surface area contributed by atoms with Gasteiger partial charge in [-0.25, -0.2) is 19.2 Å². The van der Waals surface area contributed by atoms with Crippen molar-refractivity contribution in [3.63, 3.8) is 0 Å². The number of phenols is 2. The van der Waals surface area contributed by atoms with E-state index in [2.05, 4.69) is 0 Å². The molecule has 0 saturated carbocycles. The summed E-state index contributed by atoms with van der Waals surface area (Å²) in [6.07, 6.45) is 0. The molecule has 0 saturated heterocycles. The average molecular weight is 1270 g/mol. The highest BCUT2D eigenvalue weighted by atomic mass is 16.6. The lowest BCUT2D eigenvalue weighted by molar-refractivity contribution is -0.158. The van der Waals surface area contributed by atoms with E-state index in [9.17, 15) is 29.4 Å². The number of hydrogen-bond acceptors (Lipinski definition) is 16. The van der Waals surface area contributed by atoms with Crippen molar-refractivity contribution in [3.8, 4) is 79.4 Å². The number of carbonyl (C=O) groups excluding carboxylic acids is 4. The predicted octanol–water partition coefficient (Wildman–Crippen LogP) is 16.8. The van der Waals surface area contributed by atoms with Gasteiger partial charge in [-0.2, -0.15) is 0 Å². The van der Waals surface area contributed by atoms with Gasteiger partial charge in [0, 0.05) is 33.4 Å². The summed E-state index contributed by atoms with van der Waals surface area (Å²) < 4.78 is 63.4. The van der Waals surface area contributed by atoms with Gasteiger partial charge in [0.15, 0.2) is 72.4 Å². The van der Waals surface area contributed by atoms with Gasteiger partial charge in [0.05, 0.1) is 0 Å². The van der Waals surface area contributed by atoms with Crippen LogP contribution in [0.4, 0.5) is 0 Å². The van der Waals surface area contributed by atoms with E-state index in [-0.39, 0.29) is 70.0 Å². The second kappa shape index (κ2) is 27.4. The number of hydrogen-bond donors (Lipinski definition) is 2. The van der Waals surface area contributed by atoms with Gasteiger partial charge in [-0.1, -0.05) is 158 Å². The molecule has 94 heavy (non-hydrogen) atoms. The second-order valence-corrected chi connectivity index (χ2v) is 26.6. The van der Waals surface area contributed by atoms with Crippen LogP contribution in [0.3, 0.4) is 0 Å². The zero-order chi connectivity index (χ0) is 67.3. The fourth-order valence-electron chi connectivity index (χ4n) is 11.2. The number of esters is 4. The van der Waals surface area contributed by atoms with Gasteiger partial charge in [-0.3, -0.25) is 0 Å². The summed E-state index contributed by atoms with van der Waals surface area (Å²) in [5, 5.41) is 31.6. The molecule has 10 aromatic carbocycles. The van der Waals surface area contributed by atoms with E-state index >= 15 is 0 Å². The monoisotopic (exact) mass is 1270 g/mol. The molecule has 486 valence electrons. The topological polar surface area (TPSA) is 201 Å². The van der Waals surface area contributed by atoms with Crippen molar-refractivity contribution < 1.29 is 76.8 Å². The number of phenolic OH excluding ortho intramolecular Hbond substituents is 2. The van der Waals surface area contributed by atoms with E-state index in [0.29, 0.717) is 54.2 Å². The summed E-state index contributed by atoms with van der Waals surface area (Å²) in [4.78, 5) is 55.7. The molecule has 0 aliphatic rings. The van der Waals surface area contributed by atoms with Crippen molar-refractivity contribution in [1.82, 2.24) is 0 Å². The Morgan fingerprint density at radius 1 is 0.298 bits per heavy atom. The highest BCUT2D eigenvalue weighted by molar-refractivity contribution is 6.22. The van der Waals surface area contributed by atoms with Crippen LogP contribution in [-0.4, -0.2) is 82.9 Å². The third-order valence-corrected chi connectivity index (χ3v) is 14.5. The second-order valence-electron chi connectivity index (χ2n) is 26.6. The van der Waals surface area contributed by atoms with Crippen LogP contribution in [0.1, 0.15) is 94.2 Å². The zero-order valence-corrected chi connectivity index (χ0v) is 55.0. The molecule has 16 heteroatoms. The lowest BCUT2D eigenvalue weighted by atomic mass is 9.84. The third-order valence-electron chi connectivity index (χ3n) is 14.5. The van der Waals surface area contributed by atoms with Crippen LogP contribution < -0.4 is 28.4 Å². The first kappa shape index (κ1) is 66.4. The summed E-state index contributed by atoms with van der Waals surface area (Å²) in [6.45, 7) is 18.3. The maximum Gasteiger partial charge on any atom is 0.344 e. The van der Waals surface area contributed by atoms with Crippen molar-refractivity contribution in [1.29, 1.82) is 0 Å². The van der Waals surface area contributed by atoms with Crippen molar-refractivity contribution in [2.24, 2.45) is 0 Å². The van der Waals surface area contributed by atoms with Crippen molar-refractivity contribution in [3.05, 3.63) is 181 Å². The number of rotatable bonds is 21. The Bertz CT molecular complexity index is 4180. The van der Waals surface area contributed by atoms with E-state index in [1.807, 2.05) is 109 Å². The summed E-state index contributed by atoms with van der Waals surface area (Å²) in [5.41, 5.74) is -0.981. The molecule has 0 radical (unpaired) electrons. The lowest BCUT2D eigenvalue weighted by Crippen LogP contribution is -2.27. The van der Waals surface area contributed by atoms with E-state index in [4.69, 9.17) is 47.4 Å². The standard InChI is InChI=1S/C78H78O16/c1-75(2,3)91-59(79)43-87-71-57(85-41-47-27-15-13-16-28-47)39-49-31-19-21-33-51(49)65(71)67-55-37-25-23-35-53(55)63(69(83)73(67)89-45-61(81)93-77(7,8)9)64-54-36-24-26-38-56(54)68(74(70(64)84)90-46-62(82)94-78(10,11)12)66-52-34-22-20-32-50(52)40-58(86-42-48-29-17-14-18-30-48)72(66)88-44-60(80)92-76(4,5)6/h13-40,83-84H,41-46H2,1-12H3. The molecule has 0 heterocycles. The fraction of sp³-hybridized carbons (Fsp3) is 0.282. The molecule has 0 aliphatic carbocycles. The molecule has 16 nitrogen and oxygen atoms in total. The Morgan fingerprint density at radius 2 is 0.543 bits per heavy atom. The van der Waals surface area contributed by atoms with Gasteiger partial charge in [-0.05, 0) is 149 Å². The first-order chi connectivity index (χ1) is 44.6. The minimum Gasteiger partial charge on any atom is -0.504 e. The van der Waals surface area contributed by atoms with Gasteiger partial charge < -0.3 is 57.6 Å². The van der Waals surface area contributed by atoms with Gasteiger partial charge in [-0.15, -0.1) is 0 Å². The molecule has 10 rings (SSSR count). The molecule has 0 fully saturated rings. The smallest absolute Gasteiger partial charge is 0.344 e. The van der Waals surface area contributed by atoms with Crippen molar-refractivity contribution >= 4 is 67.0 Å². The first-order valence-corrected chi connectivity index (χ1v) is 31.0. The predicted molar refractivity (Wildman–Crippen MR) is 363 cm³/mol. The fourth-order valence-corrected chi connectivity index (χ4v) is 11.2. The van der Waals surface area contributed by atoms with E-state index in [1.54, 1.807) is 144 Å². The first-order valence-electron chi connectivity index (χ1n) is 31.0. The van der Waals surface area contributed by atoms with Crippen LogP contribution in [-0.2, 0) is 51.3 Å². The summed E-state index contributed by atoms with van der Waals surface area (Å²) >= 11 is 0. The molecule has 0 amide bonds. The molecule has 0 aromatic heterocycles. The molecule has 10 aromatic rings. The van der Waals surface area contributed by atoms with Gasteiger partial charge in [0.2, 0.25) is 0 Å². The van der Waals surface area contributed by atoms with Gasteiger partial charge in [0.1, 0.15) is 35.6 Å². The highest BCUT2D eigenvalue weighted by Crippen LogP contribution is 2.61. The average Bonchev–Trinajstić information content (AvgIpc) is 0.722. The number of benzene rings is 10. The minimum absolute atomic E-state index is 0.00382. The van der Waals surface area contributed by atoms with Crippen LogP contribution in [0, 0.1) is 0 Å². The Hall–Kier alpha value is -10.5. The molecule has 0 bridgehead atoms. The number of fused-ring (bicyclic) bond motifs is 4. The summed E-state index contributed by atoms with van der Waals surface area (Å²) in [6, 6.07) is 51.7. The normalized spacial score (nSPS) is 11.9. The number of aromatic hydroxyl groups is 2. The summed E-state index contributed by atoms with van der Waals surface area (Å²) in [5.74, 6) is -3.99. The Morgan fingerprint density at radius 3 is 0.840 bits per heavy atom. The van der Waals surface area contributed by atoms with Crippen molar-refractivity contribution in [2.75, 3.05) is 26.4 Å². The largest absolute Gasteiger partial charge is 0.504 e. The zero-order valence-electron chi connectivity index (χ0n) is 55.0. The van der Waals surface area contributed by atoms with Gasteiger partial charge in [0.25, 0.3) is 0 Å². The van der Waals surface area contributed by atoms with Crippen LogP contribution in [0.2, 0.25) is 0 Å². The van der Waals surface area contributed by atoms with Crippen LogP contribution in [0.25, 0.3) is 76.5 Å². The molecule has 0 spiro atoms. The highest BCUT2D eigenvalue weighted by Gasteiger charge is 2.35. The Kier molecular flexibility index (Phi) is 19.4. The summed E-state index contributed by atoms with van der Waals surface area (Å²) in [7, 11) is 0. The Balaban J connectivity index is 1.32. The maximum atomic E-state index is 14.1. The minimum atomic E-state index is -0.954. The van der Waals surface area contributed by atoms with E-state index in [0.717, 1.165) is 11.1 Å². The lowest BCUT2D eigenvalue weighted by Gasteiger charge is -2.27. The van der Waals surface area contributed by atoms with Crippen molar-refractivity contribution in [2.45, 2.75) is 119 Å². The maximum absolute atomic E-state index is 14.1. The Labute approximate surface area is 546 Å². The molecule has 0 atom stereocenters. The van der Waals surface area contributed by atoms with Gasteiger partial charge >= 0.3 is 23.9 Å². The SMILES string of the molecule is CC(C)(C)OC(=O)COc1c(OCc2ccccc2)cc2ccccc2c1-c1c(OCC(=O)OC(C)(C)C)c(O)c(-c2c(O)c(OCC(=O)OC(C)(C)C)c(-c3c(OCC(=O)OC(C)(C)C)c(OCc4ccccc4)cc4ccccc34)c3ccccc23)c2ccccc12. The molecular formula is C78H78O16.